The molecule has 0 radical (unpaired) electrons. The van der Waals surface area contributed by atoms with Crippen molar-refractivity contribution >= 4 is 5.91 Å². The molecule has 1 heterocycles. The first-order valence-corrected chi connectivity index (χ1v) is 5.77. The van der Waals surface area contributed by atoms with E-state index in [9.17, 15) is 4.79 Å². The molecule has 1 saturated heterocycles. The van der Waals surface area contributed by atoms with Gasteiger partial charge in [-0.25, -0.2) is 0 Å². The third-order valence-corrected chi connectivity index (χ3v) is 2.89. The summed E-state index contributed by atoms with van der Waals surface area (Å²) in [6, 6.07) is 9.87. The quantitative estimate of drug-likeness (QED) is 0.807. The highest BCUT2D eigenvalue weighted by molar-refractivity contribution is 5.78. The van der Waals surface area contributed by atoms with Crippen LogP contribution in [0.3, 0.4) is 0 Å². The van der Waals surface area contributed by atoms with Gasteiger partial charge in [0.1, 0.15) is 0 Å². The molecule has 4 heteroatoms. The van der Waals surface area contributed by atoms with Gasteiger partial charge in [-0.15, -0.1) is 0 Å². The largest absolute Gasteiger partial charge is 0.352 e. The summed E-state index contributed by atoms with van der Waals surface area (Å²) in [6.45, 7) is 1.56. The summed E-state index contributed by atoms with van der Waals surface area (Å²) in [7, 11) is 0. The molecule has 88 valence electrons. The van der Waals surface area contributed by atoms with Gasteiger partial charge in [0.25, 0.3) is 0 Å². The van der Waals surface area contributed by atoms with Crippen molar-refractivity contribution in [3.05, 3.63) is 35.4 Å². The van der Waals surface area contributed by atoms with Gasteiger partial charge in [-0.05, 0) is 24.1 Å². The molecule has 1 aromatic carbocycles. The van der Waals surface area contributed by atoms with E-state index < -0.39 is 0 Å². The Kier molecular flexibility index (Phi) is 3.73. The number of benzene rings is 1. The van der Waals surface area contributed by atoms with Crippen molar-refractivity contribution in [2.45, 2.75) is 25.4 Å². The number of rotatable bonds is 4. The van der Waals surface area contributed by atoms with Gasteiger partial charge in [-0.3, -0.25) is 4.79 Å². The zero-order chi connectivity index (χ0) is 12.1. The van der Waals surface area contributed by atoms with Crippen LogP contribution >= 0.6 is 0 Å². The molecule has 1 aliphatic heterocycles. The summed E-state index contributed by atoms with van der Waals surface area (Å²) < 4.78 is 0. The van der Waals surface area contributed by atoms with Crippen LogP contribution in [0.2, 0.25) is 0 Å². The predicted molar refractivity (Wildman–Crippen MR) is 64.0 cm³/mol. The minimum absolute atomic E-state index is 0.148. The van der Waals surface area contributed by atoms with Gasteiger partial charge in [-0.2, -0.15) is 5.26 Å². The number of nitriles is 1. The van der Waals surface area contributed by atoms with Crippen molar-refractivity contribution in [3.63, 3.8) is 0 Å². The zero-order valence-electron chi connectivity index (χ0n) is 9.57. The molecule has 0 saturated carbocycles. The number of amides is 1. The molecule has 4 nitrogen and oxygen atoms in total. The third kappa shape index (κ3) is 3.30. The SMILES string of the molecule is N#Cc1ccc(CNCC2CCC(=O)N2)cc1. The van der Waals surface area contributed by atoms with E-state index in [0.717, 1.165) is 25.1 Å². The van der Waals surface area contributed by atoms with Gasteiger partial charge in [0, 0.05) is 25.6 Å². The van der Waals surface area contributed by atoms with Crippen LogP contribution in [0.1, 0.15) is 24.0 Å². The lowest BCUT2D eigenvalue weighted by molar-refractivity contribution is -0.119. The lowest BCUT2D eigenvalue weighted by Crippen LogP contribution is -2.35. The molecule has 2 N–H and O–H groups in total. The number of hydrogen-bond acceptors (Lipinski definition) is 3. The summed E-state index contributed by atoms with van der Waals surface area (Å²) in [4.78, 5) is 11.0. The van der Waals surface area contributed by atoms with E-state index in [1.165, 1.54) is 0 Å². The van der Waals surface area contributed by atoms with Crippen LogP contribution in [0, 0.1) is 11.3 Å². The van der Waals surface area contributed by atoms with E-state index >= 15 is 0 Å². The third-order valence-electron chi connectivity index (χ3n) is 2.89. The predicted octanol–water partition coefficient (Wildman–Crippen LogP) is 0.926. The summed E-state index contributed by atoms with van der Waals surface area (Å²) >= 11 is 0. The van der Waals surface area contributed by atoms with Crippen molar-refractivity contribution in [3.8, 4) is 6.07 Å². The van der Waals surface area contributed by atoms with Crippen molar-refractivity contribution < 1.29 is 4.79 Å². The van der Waals surface area contributed by atoms with E-state index in [2.05, 4.69) is 16.7 Å². The summed E-state index contributed by atoms with van der Waals surface area (Å²) in [6.07, 6.45) is 1.56. The number of nitrogens with one attached hydrogen (secondary N) is 2. The molecule has 0 aliphatic carbocycles. The first-order chi connectivity index (χ1) is 8.28. The maximum Gasteiger partial charge on any atom is 0.220 e. The molecule has 1 aliphatic rings. The average Bonchev–Trinajstić information content (AvgIpc) is 2.76. The Morgan fingerprint density at radius 2 is 2.18 bits per heavy atom. The Labute approximate surface area is 101 Å². The number of carbonyl (C=O) groups is 1. The Hall–Kier alpha value is -1.86. The Bertz CT molecular complexity index is 433. The van der Waals surface area contributed by atoms with Crippen LogP contribution in [0.15, 0.2) is 24.3 Å². The number of nitrogens with zero attached hydrogens (tertiary/aromatic N) is 1. The van der Waals surface area contributed by atoms with Crippen LogP contribution in [0.25, 0.3) is 0 Å². The monoisotopic (exact) mass is 229 g/mol. The lowest BCUT2D eigenvalue weighted by Gasteiger charge is -2.11. The first kappa shape index (κ1) is 11.6. The van der Waals surface area contributed by atoms with Crippen LogP contribution in [0.4, 0.5) is 0 Å². The fourth-order valence-electron chi connectivity index (χ4n) is 1.92. The lowest BCUT2D eigenvalue weighted by atomic mass is 10.1. The van der Waals surface area contributed by atoms with Gasteiger partial charge in [-0.1, -0.05) is 12.1 Å². The summed E-state index contributed by atoms with van der Waals surface area (Å²) in [5.41, 5.74) is 1.82. The molecule has 1 unspecified atom stereocenters. The highest BCUT2D eigenvalue weighted by Gasteiger charge is 2.19. The highest BCUT2D eigenvalue weighted by atomic mass is 16.1. The fourth-order valence-corrected chi connectivity index (χ4v) is 1.92. The molecular formula is C13H15N3O. The van der Waals surface area contributed by atoms with E-state index in [-0.39, 0.29) is 11.9 Å². The standard InChI is InChI=1S/C13H15N3O/c14-7-10-1-3-11(4-2-10)8-15-9-12-5-6-13(17)16-12/h1-4,12,15H,5-6,8-9H2,(H,16,17). The molecule has 17 heavy (non-hydrogen) atoms. The van der Waals surface area contributed by atoms with Crippen molar-refractivity contribution in [2.75, 3.05) is 6.54 Å². The second-order valence-corrected chi connectivity index (χ2v) is 4.24. The number of carbonyl (C=O) groups excluding carboxylic acids is 1. The fraction of sp³-hybridized carbons (Fsp3) is 0.385. The Morgan fingerprint density at radius 1 is 1.41 bits per heavy atom. The van der Waals surface area contributed by atoms with Gasteiger partial charge in [0.15, 0.2) is 0 Å². The number of hydrogen-bond donors (Lipinski definition) is 2. The Balaban J connectivity index is 1.74. The van der Waals surface area contributed by atoms with Crippen molar-refractivity contribution in [1.29, 1.82) is 5.26 Å². The smallest absolute Gasteiger partial charge is 0.220 e. The van der Waals surface area contributed by atoms with Crippen molar-refractivity contribution in [1.82, 2.24) is 10.6 Å². The van der Waals surface area contributed by atoms with E-state index in [1.54, 1.807) is 0 Å². The topological polar surface area (TPSA) is 64.9 Å². The van der Waals surface area contributed by atoms with Crippen molar-refractivity contribution in [2.24, 2.45) is 0 Å². The van der Waals surface area contributed by atoms with Gasteiger partial charge in [0.2, 0.25) is 5.91 Å². The molecule has 1 fully saturated rings. The average molecular weight is 229 g/mol. The molecule has 2 rings (SSSR count). The minimum atomic E-state index is 0.148. The maximum atomic E-state index is 11.0. The zero-order valence-corrected chi connectivity index (χ0v) is 9.57. The normalized spacial score (nSPS) is 18.8. The minimum Gasteiger partial charge on any atom is -0.352 e. The first-order valence-electron chi connectivity index (χ1n) is 5.77. The Morgan fingerprint density at radius 3 is 2.76 bits per heavy atom. The highest BCUT2D eigenvalue weighted by Crippen LogP contribution is 2.06. The van der Waals surface area contributed by atoms with Crippen LogP contribution in [0.5, 0.6) is 0 Å². The molecule has 1 aromatic rings. The second-order valence-electron chi connectivity index (χ2n) is 4.24. The molecule has 1 atom stereocenters. The van der Waals surface area contributed by atoms with Gasteiger partial charge < -0.3 is 10.6 Å². The van der Waals surface area contributed by atoms with E-state index in [1.807, 2.05) is 24.3 Å². The van der Waals surface area contributed by atoms with Crippen LogP contribution in [-0.4, -0.2) is 18.5 Å². The second kappa shape index (κ2) is 5.46. The molecule has 1 amide bonds. The maximum absolute atomic E-state index is 11.0. The summed E-state index contributed by atoms with van der Waals surface area (Å²) in [5.74, 6) is 0.148. The molecule has 0 bridgehead atoms. The molecular weight excluding hydrogens is 214 g/mol. The van der Waals surface area contributed by atoms with Crippen LogP contribution in [-0.2, 0) is 11.3 Å². The van der Waals surface area contributed by atoms with Gasteiger partial charge >= 0.3 is 0 Å². The van der Waals surface area contributed by atoms with E-state index in [4.69, 9.17) is 5.26 Å². The van der Waals surface area contributed by atoms with Gasteiger partial charge in [0.05, 0.1) is 11.6 Å². The molecule has 0 aromatic heterocycles. The summed E-state index contributed by atoms with van der Waals surface area (Å²) in [5, 5.41) is 14.9. The molecule has 0 spiro atoms. The van der Waals surface area contributed by atoms with Crippen LogP contribution < -0.4 is 10.6 Å². The van der Waals surface area contributed by atoms with E-state index in [0.29, 0.717) is 12.0 Å².